The van der Waals surface area contributed by atoms with Gasteiger partial charge in [0.2, 0.25) is 0 Å². The van der Waals surface area contributed by atoms with Crippen molar-refractivity contribution in [2.45, 2.75) is 51.7 Å². The zero-order chi connectivity index (χ0) is 12.3. The predicted molar refractivity (Wildman–Crippen MR) is 71.3 cm³/mol. The molecule has 17 heavy (non-hydrogen) atoms. The minimum atomic E-state index is 0.402. The SMILES string of the molecule is CNCC1(CN2CC(C)OCC2C)CCCC1. The lowest BCUT2D eigenvalue weighted by Crippen LogP contribution is -2.52. The highest BCUT2D eigenvalue weighted by Crippen LogP contribution is 2.39. The van der Waals surface area contributed by atoms with Crippen molar-refractivity contribution in [3.63, 3.8) is 0 Å². The van der Waals surface area contributed by atoms with Crippen LogP contribution in [-0.2, 0) is 4.74 Å². The van der Waals surface area contributed by atoms with Crippen LogP contribution in [0.2, 0.25) is 0 Å². The number of morpholine rings is 1. The molecule has 0 aromatic rings. The average molecular weight is 240 g/mol. The number of hydrogen-bond donors (Lipinski definition) is 1. The van der Waals surface area contributed by atoms with Crippen molar-refractivity contribution >= 4 is 0 Å². The number of rotatable bonds is 4. The molecule has 0 aromatic carbocycles. The van der Waals surface area contributed by atoms with Crippen molar-refractivity contribution < 1.29 is 4.74 Å². The van der Waals surface area contributed by atoms with E-state index in [1.165, 1.54) is 38.8 Å². The molecule has 1 saturated carbocycles. The van der Waals surface area contributed by atoms with Gasteiger partial charge < -0.3 is 10.1 Å². The molecule has 0 amide bonds. The van der Waals surface area contributed by atoms with E-state index in [9.17, 15) is 0 Å². The van der Waals surface area contributed by atoms with Gasteiger partial charge in [-0.2, -0.15) is 0 Å². The molecule has 1 saturated heterocycles. The van der Waals surface area contributed by atoms with Crippen LogP contribution in [0.15, 0.2) is 0 Å². The van der Waals surface area contributed by atoms with E-state index in [0.29, 0.717) is 17.6 Å². The van der Waals surface area contributed by atoms with Crippen molar-refractivity contribution in [3.05, 3.63) is 0 Å². The normalized spacial score (nSPS) is 34.1. The smallest absolute Gasteiger partial charge is 0.0674 e. The van der Waals surface area contributed by atoms with E-state index in [1.54, 1.807) is 0 Å². The monoisotopic (exact) mass is 240 g/mol. The van der Waals surface area contributed by atoms with E-state index in [2.05, 4.69) is 31.1 Å². The van der Waals surface area contributed by atoms with Gasteiger partial charge in [0.25, 0.3) is 0 Å². The van der Waals surface area contributed by atoms with Crippen molar-refractivity contribution in [2.75, 3.05) is 33.3 Å². The topological polar surface area (TPSA) is 24.5 Å². The Balaban J connectivity index is 1.96. The van der Waals surface area contributed by atoms with E-state index in [-0.39, 0.29) is 0 Å². The fourth-order valence-corrected chi connectivity index (χ4v) is 3.51. The lowest BCUT2D eigenvalue weighted by molar-refractivity contribution is -0.0624. The summed E-state index contributed by atoms with van der Waals surface area (Å²) in [6, 6.07) is 0.584. The van der Waals surface area contributed by atoms with Gasteiger partial charge in [0.05, 0.1) is 12.7 Å². The Morgan fingerprint density at radius 2 is 2.00 bits per heavy atom. The molecule has 2 atom stereocenters. The Morgan fingerprint density at radius 1 is 1.29 bits per heavy atom. The summed E-state index contributed by atoms with van der Waals surface area (Å²) in [6.07, 6.45) is 6.02. The van der Waals surface area contributed by atoms with Crippen molar-refractivity contribution in [1.29, 1.82) is 0 Å². The first-order valence-electron chi connectivity index (χ1n) is 7.15. The minimum Gasteiger partial charge on any atom is -0.376 e. The third kappa shape index (κ3) is 3.21. The first kappa shape index (κ1) is 13.3. The molecule has 3 nitrogen and oxygen atoms in total. The molecule has 1 aliphatic heterocycles. The van der Waals surface area contributed by atoms with Crippen LogP contribution >= 0.6 is 0 Å². The molecule has 2 aliphatic rings. The quantitative estimate of drug-likeness (QED) is 0.812. The highest BCUT2D eigenvalue weighted by Gasteiger charge is 2.37. The van der Waals surface area contributed by atoms with Crippen LogP contribution in [0.4, 0.5) is 0 Å². The van der Waals surface area contributed by atoms with Crippen LogP contribution in [-0.4, -0.2) is 50.3 Å². The molecule has 0 radical (unpaired) electrons. The van der Waals surface area contributed by atoms with Gasteiger partial charge in [-0.05, 0) is 39.2 Å². The Hall–Kier alpha value is -0.120. The van der Waals surface area contributed by atoms with Gasteiger partial charge in [0, 0.05) is 25.7 Å². The zero-order valence-electron chi connectivity index (χ0n) is 11.7. The minimum absolute atomic E-state index is 0.402. The maximum Gasteiger partial charge on any atom is 0.0674 e. The molecule has 2 rings (SSSR count). The van der Waals surface area contributed by atoms with E-state index in [1.807, 2.05) is 0 Å². The average Bonchev–Trinajstić information content (AvgIpc) is 2.73. The largest absolute Gasteiger partial charge is 0.376 e. The summed E-state index contributed by atoms with van der Waals surface area (Å²) < 4.78 is 5.72. The van der Waals surface area contributed by atoms with Gasteiger partial charge in [-0.15, -0.1) is 0 Å². The fourth-order valence-electron chi connectivity index (χ4n) is 3.51. The van der Waals surface area contributed by atoms with Gasteiger partial charge in [-0.25, -0.2) is 0 Å². The first-order valence-corrected chi connectivity index (χ1v) is 7.15. The fraction of sp³-hybridized carbons (Fsp3) is 1.00. The Bertz CT molecular complexity index is 238. The van der Waals surface area contributed by atoms with E-state index in [4.69, 9.17) is 4.74 Å². The molecule has 100 valence electrons. The zero-order valence-corrected chi connectivity index (χ0v) is 11.7. The van der Waals surface area contributed by atoms with Gasteiger partial charge in [-0.3, -0.25) is 4.90 Å². The van der Waals surface area contributed by atoms with Crippen molar-refractivity contribution in [3.8, 4) is 0 Å². The number of ether oxygens (including phenoxy) is 1. The Morgan fingerprint density at radius 3 is 2.65 bits per heavy atom. The van der Waals surface area contributed by atoms with Crippen LogP contribution in [0.3, 0.4) is 0 Å². The summed E-state index contributed by atoms with van der Waals surface area (Å²) in [5.74, 6) is 0. The Labute approximate surface area is 106 Å². The summed E-state index contributed by atoms with van der Waals surface area (Å²) in [6.45, 7) is 8.92. The third-order valence-corrected chi connectivity index (χ3v) is 4.49. The number of nitrogens with one attached hydrogen (secondary N) is 1. The molecule has 0 bridgehead atoms. The van der Waals surface area contributed by atoms with E-state index >= 15 is 0 Å². The van der Waals surface area contributed by atoms with Gasteiger partial charge >= 0.3 is 0 Å². The summed E-state index contributed by atoms with van der Waals surface area (Å²) in [5, 5.41) is 3.41. The lowest BCUT2D eigenvalue weighted by atomic mass is 9.84. The second-order valence-electron chi connectivity index (χ2n) is 6.16. The summed E-state index contributed by atoms with van der Waals surface area (Å²) in [7, 11) is 2.09. The standard InChI is InChI=1S/C14H28N2O/c1-12-9-17-13(2)8-16(12)11-14(10-15-3)6-4-5-7-14/h12-13,15H,4-11H2,1-3H3. The van der Waals surface area contributed by atoms with E-state index in [0.717, 1.165) is 13.2 Å². The van der Waals surface area contributed by atoms with Crippen LogP contribution < -0.4 is 5.32 Å². The molecule has 1 heterocycles. The third-order valence-electron chi connectivity index (χ3n) is 4.49. The van der Waals surface area contributed by atoms with E-state index < -0.39 is 0 Å². The van der Waals surface area contributed by atoms with Crippen LogP contribution in [0.1, 0.15) is 39.5 Å². The van der Waals surface area contributed by atoms with Gasteiger partial charge in [0.1, 0.15) is 0 Å². The van der Waals surface area contributed by atoms with Crippen molar-refractivity contribution in [2.24, 2.45) is 5.41 Å². The van der Waals surface area contributed by atoms with Crippen LogP contribution in [0.25, 0.3) is 0 Å². The summed E-state index contributed by atoms with van der Waals surface area (Å²) in [4.78, 5) is 2.65. The maximum absolute atomic E-state index is 5.72. The van der Waals surface area contributed by atoms with Gasteiger partial charge in [0.15, 0.2) is 0 Å². The molecule has 2 unspecified atom stereocenters. The molecular weight excluding hydrogens is 212 g/mol. The predicted octanol–water partition coefficient (Wildman–Crippen LogP) is 1.88. The molecular formula is C14H28N2O. The van der Waals surface area contributed by atoms with Gasteiger partial charge in [-0.1, -0.05) is 12.8 Å². The van der Waals surface area contributed by atoms with Crippen LogP contribution in [0, 0.1) is 5.41 Å². The maximum atomic E-state index is 5.72. The van der Waals surface area contributed by atoms with Crippen molar-refractivity contribution in [1.82, 2.24) is 10.2 Å². The second-order valence-corrected chi connectivity index (χ2v) is 6.16. The number of hydrogen-bond acceptors (Lipinski definition) is 3. The molecule has 3 heteroatoms. The molecule has 0 spiro atoms. The summed E-state index contributed by atoms with van der Waals surface area (Å²) in [5.41, 5.74) is 0.528. The lowest BCUT2D eigenvalue weighted by Gasteiger charge is -2.42. The highest BCUT2D eigenvalue weighted by atomic mass is 16.5. The molecule has 1 aliphatic carbocycles. The van der Waals surface area contributed by atoms with Crippen LogP contribution in [0.5, 0.6) is 0 Å². The molecule has 1 N–H and O–H groups in total. The molecule has 0 aromatic heterocycles. The second kappa shape index (κ2) is 5.68. The highest BCUT2D eigenvalue weighted by molar-refractivity contribution is 4.91. The molecule has 2 fully saturated rings. The number of nitrogens with zero attached hydrogens (tertiary/aromatic N) is 1. The Kier molecular flexibility index (Phi) is 4.45. The first-order chi connectivity index (χ1) is 8.15. The summed E-state index contributed by atoms with van der Waals surface area (Å²) >= 11 is 0.